The highest BCUT2D eigenvalue weighted by Crippen LogP contribution is 2.46. The van der Waals surface area contributed by atoms with Gasteiger partial charge in [0.1, 0.15) is 0 Å². The van der Waals surface area contributed by atoms with Crippen LogP contribution in [0.3, 0.4) is 0 Å². The van der Waals surface area contributed by atoms with Gasteiger partial charge in [0.2, 0.25) is 0 Å². The average molecular weight is 787 g/mol. The number of thiophene rings is 2. The van der Waals surface area contributed by atoms with E-state index in [-0.39, 0.29) is 0 Å². The number of fused-ring (bicyclic) bond motifs is 13. The highest BCUT2D eigenvalue weighted by molar-refractivity contribution is 7.26. The van der Waals surface area contributed by atoms with Gasteiger partial charge < -0.3 is 4.57 Å². The molecule has 4 nitrogen and oxygen atoms in total. The Morgan fingerprint density at radius 3 is 1.53 bits per heavy atom. The van der Waals surface area contributed by atoms with Crippen LogP contribution in [0.25, 0.3) is 124 Å². The lowest BCUT2D eigenvalue weighted by molar-refractivity contribution is 1.08. The van der Waals surface area contributed by atoms with E-state index in [9.17, 15) is 0 Å². The van der Waals surface area contributed by atoms with Gasteiger partial charge in [-0.25, -0.2) is 15.0 Å². The molecule has 4 heterocycles. The summed E-state index contributed by atoms with van der Waals surface area (Å²) >= 11 is 3.60. The average Bonchev–Trinajstić information content (AvgIpc) is 3.99. The second-order valence-corrected chi connectivity index (χ2v) is 17.2. The molecule has 0 atom stereocenters. The third kappa shape index (κ3) is 4.91. The van der Waals surface area contributed by atoms with Gasteiger partial charge in [-0.3, -0.25) is 0 Å². The maximum atomic E-state index is 5.45. The van der Waals surface area contributed by atoms with Crippen LogP contribution in [-0.2, 0) is 0 Å². The molecule has 274 valence electrons. The quantitative estimate of drug-likeness (QED) is 0.178. The minimum Gasteiger partial charge on any atom is -0.309 e. The summed E-state index contributed by atoms with van der Waals surface area (Å²) in [4.78, 5) is 16.0. The number of nitrogens with zero attached hydrogens (tertiary/aromatic N) is 4. The molecular formula is C53H30N4S2. The zero-order valence-corrected chi connectivity index (χ0v) is 33.1. The van der Waals surface area contributed by atoms with Crippen LogP contribution in [-0.4, -0.2) is 19.5 Å². The standard InChI is InChI=1S/C53H30N4S2/c1-2-15-33(16-3-1)51-54-52(40-22-12-21-39-37-19-8-10-23-45(37)58-49(39)40)56-53(55-51)42-30-34(29-41-38-20-9-11-24-46(38)59-50(41)42)57-43-27-25-31-13-4-6-17-35(31)47(43)48-36-18-7-5-14-32(36)26-28-44(48)57/h1-30H. The fraction of sp³-hybridized carbons (Fsp3) is 0. The van der Waals surface area contributed by atoms with Crippen molar-refractivity contribution in [2.24, 2.45) is 0 Å². The summed E-state index contributed by atoms with van der Waals surface area (Å²) in [7, 11) is 0. The fourth-order valence-corrected chi connectivity index (χ4v) is 11.6. The molecule has 0 radical (unpaired) electrons. The summed E-state index contributed by atoms with van der Waals surface area (Å²) in [5, 5.41) is 12.3. The van der Waals surface area contributed by atoms with E-state index in [0.29, 0.717) is 17.5 Å². The number of hydrogen-bond donors (Lipinski definition) is 0. The Kier molecular flexibility index (Phi) is 7.02. The lowest BCUT2D eigenvalue weighted by atomic mass is 10.00. The van der Waals surface area contributed by atoms with Gasteiger partial charge in [0.15, 0.2) is 17.5 Å². The Bertz CT molecular complexity index is 3760. The topological polar surface area (TPSA) is 43.6 Å². The van der Waals surface area contributed by atoms with Crippen molar-refractivity contribution in [3.05, 3.63) is 182 Å². The van der Waals surface area contributed by atoms with Crippen LogP contribution in [0.5, 0.6) is 0 Å². The summed E-state index contributed by atoms with van der Waals surface area (Å²) in [5.74, 6) is 1.97. The predicted octanol–water partition coefficient (Wildman–Crippen LogP) is 15.0. The Hall–Kier alpha value is -7.25. The van der Waals surface area contributed by atoms with Crippen LogP contribution >= 0.6 is 22.7 Å². The molecule has 0 spiro atoms. The van der Waals surface area contributed by atoms with Crippen LogP contribution < -0.4 is 0 Å². The predicted molar refractivity (Wildman–Crippen MR) is 251 cm³/mol. The van der Waals surface area contributed by atoms with Gasteiger partial charge in [-0.15, -0.1) is 22.7 Å². The van der Waals surface area contributed by atoms with Crippen molar-refractivity contribution < 1.29 is 0 Å². The Morgan fingerprint density at radius 1 is 0.356 bits per heavy atom. The highest BCUT2D eigenvalue weighted by Gasteiger charge is 2.23. The first-order chi connectivity index (χ1) is 29.2. The zero-order chi connectivity index (χ0) is 38.6. The molecule has 0 N–H and O–H groups in total. The van der Waals surface area contributed by atoms with E-state index in [4.69, 9.17) is 15.0 Å². The van der Waals surface area contributed by atoms with Gasteiger partial charge in [0.05, 0.1) is 11.0 Å². The normalized spacial score (nSPS) is 12.1. The third-order valence-corrected chi connectivity index (χ3v) is 14.3. The maximum Gasteiger partial charge on any atom is 0.165 e. The van der Waals surface area contributed by atoms with Gasteiger partial charge >= 0.3 is 0 Å². The van der Waals surface area contributed by atoms with Crippen LogP contribution in [0.15, 0.2) is 182 Å². The van der Waals surface area contributed by atoms with Crippen molar-refractivity contribution in [1.29, 1.82) is 0 Å². The largest absolute Gasteiger partial charge is 0.309 e. The molecule has 0 aliphatic heterocycles. The summed E-state index contributed by atoms with van der Waals surface area (Å²) in [6, 6.07) is 65.4. The number of benzene rings is 9. The first kappa shape index (κ1) is 32.8. The minimum absolute atomic E-state index is 0.651. The molecule has 13 aromatic rings. The Balaban J connectivity index is 1.15. The molecule has 0 saturated carbocycles. The molecule has 0 aliphatic carbocycles. The summed E-state index contributed by atoms with van der Waals surface area (Å²) < 4.78 is 7.27. The summed E-state index contributed by atoms with van der Waals surface area (Å²) in [5.41, 5.74) is 6.34. The minimum atomic E-state index is 0.651. The van der Waals surface area contributed by atoms with Gasteiger partial charge in [0.25, 0.3) is 0 Å². The molecule has 0 fully saturated rings. The molecule has 59 heavy (non-hydrogen) atoms. The van der Waals surface area contributed by atoms with E-state index in [0.717, 1.165) is 38.1 Å². The van der Waals surface area contributed by atoms with E-state index < -0.39 is 0 Å². The van der Waals surface area contributed by atoms with E-state index in [2.05, 4.69) is 168 Å². The van der Waals surface area contributed by atoms with Crippen molar-refractivity contribution in [3.8, 4) is 39.9 Å². The van der Waals surface area contributed by atoms with Crippen LogP contribution in [0, 0.1) is 0 Å². The molecule has 0 saturated heterocycles. The van der Waals surface area contributed by atoms with Crippen molar-refractivity contribution in [1.82, 2.24) is 19.5 Å². The lowest BCUT2D eigenvalue weighted by Crippen LogP contribution is -2.01. The molecule has 0 bridgehead atoms. The molecule has 13 rings (SSSR count). The van der Waals surface area contributed by atoms with E-state index in [1.165, 1.54) is 68.0 Å². The van der Waals surface area contributed by atoms with Crippen molar-refractivity contribution in [2.45, 2.75) is 0 Å². The first-order valence-electron chi connectivity index (χ1n) is 19.8. The number of aromatic nitrogens is 4. The van der Waals surface area contributed by atoms with E-state index in [1.807, 2.05) is 18.2 Å². The number of hydrogen-bond acceptors (Lipinski definition) is 5. The lowest BCUT2D eigenvalue weighted by Gasteiger charge is -2.13. The van der Waals surface area contributed by atoms with Crippen LogP contribution in [0.1, 0.15) is 0 Å². The van der Waals surface area contributed by atoms with Gasteiger partial charge in [0, 0.05) is 73.5 Å². The second-order valence-electron chi connectivity index (χ2n) is 15.1. The maximum absolute atomic E-state index is 5.45. The van der Waals surface area contributed by atoms with Crippen molar-refractivity contribution >= 4 is 106 Å². The Morgan fingerprint density at radius 2 is 0.864 bits per heavy atom. The van der Waals surface area contributed by atoms with Crippen LogP contribution in [0.2, 0.25) is 0 Å². The Labute approximate surface area is 345 Å². The van der Waals surface area contributed by atoms with Gasteiger partial charge in [-0.2, -0.15) is 0 Å². The second kappa shape index (κ2) is 12.6. The smallest absolute Gasteiger partial charge is 0.165 e. The molecule has 9 aromatic carbocycles. The fourth-order valence-electron chi connectivity index (χ4n) is 9.19. The van der Waals surface area contributed by atoms with Crippen molar-refractivity contribution in [2.75, 3.05) is 0 Å². The van der Waals surface area contributed by atoms with E-state index in [1.54, 1.807) is 22.7 Å². The van der Waals surface area contributed by atoms with Gasteiger partial charge in [-0.05, 0) is 64.0 Å². The molecule has 0 unspecified atom stereocenters. The van der Waals surface area contributed by atoms with Crippen LogP contribution in [0.4, 0.5) is 0 Å². The first-order valence-corrected chi connectivity index (χ1v) is 21.4. The SMILES string of the molecule is c1ccc(-c2nc(-c3cccc4c3sc3ccccc34)nc(-c3cc(-n4c5ccc6ccccc6c5c5c6ccccc6ccc54)cc4c3sc3ccccc34)n2)cc1. The molecule has 0 amide bonds. The monoisotopic (exact) mass is 786 g/mol. The summed E-state index contributed by atoms with van der Waals surface area (Å²) in [6.45, 7) is 0. The summed E-state index contributed by atoms with van der Waals surface area (Å²) in [6.07, 6.45) is 0. The van der Waals surface area contributed by atoms with Crippen molar-refractivity contribution in [3.63, 3.8) is 0 Å². The highest BCUT2D eigenvalue weighted by atomic mass is 32.1. The molecule has 6 heteroatoms. The number of rotatable bonds is 4. The molecule has 4 aromatic heterocycles. The zero-order valence-electron chi connectivity index (χ0n) is 31.4. The molecular weight excluding hydrogens is 757 g/mol. The van der Waals surface area contributed by atoms with Gasteiger partial charge in [-0.1, -0.05) is 140 Å². The van der Waals surface area contributed by atoms with E-state index >= 15 is 0 Å². The third-order valence-electron chi connectivity index (χ3n) is 11.8. The molecule has 0 aliphatic rings.